The predicted molar refractivity (Wildman–Crippen MR) is 133 cm³/mol. The number of halogens is 2. The molecule has 1 unspecified atom stereocenters. The summed E-state index contributed by atoms with van der Waals surface area (Å²) in [5, 5.41) is 7.71. The molecule has 0 fully saturated rings. The number of carbonyl (C=O) groups excluding carboxylic acids is 1. The summed E-state index contributed by atoms with van der Waals surface area (Å²) in [5.41, 5.74) is 4.61. The number of benzene rings is 3. The minimum atomic E-state index is -0.509. The Balaban J connectivity index is 1.64. The van der Waals surface area contributed by atoms with Gasteiger partial charge in [0.15, 0.2) is 0 Å². The highest BCUT2D eigenvalue weighted by Gasteiger charge is 2.36. The van der Waals surface area contributed by atoms with Gasteiger partial charge in [-0.3, -0.25) is 4.90 Å². The van der Waals surface area contributed by atoms with Crippen LogP contribution in [0.5, 0.6) is 0 Å². The smallest absolute Gasteiger partial charge is 0.326 e. The lowest BCUT2D eigenvalue weighted by molar-refractivity contribution is 0.244. The van der Waals surface area contributed by atoms with E-state index in [1.54, 1.807) is 41.3 Å². The fraction of sp³-hybridized carbons (Fsp3) is 0.148. The molecule has 2 heterocycles. The highest BCUT2D eigenvalue weighted by Crippen LogP contribution is 2.39. The van der Waals surface area contributed by atoms with Gasteiger partial charge < -0.3 is 9.84 Å². The molecule has 8 heteroatoms. The van der Waals surface area contributed by atoms with Crippen LogP contribution in [0.1, 0.15) is 36.9 Å². The molecule has 176 valence electrons. The number of urea groups is 1. The average molecular weight is 489 g/mol. The van der Waals surface area contributed by atoms with Crippen LogP contribution in [0.25, 0.3) is 17.0 Å². The number of aryl methyl sites for hydroxylation is 1. The molecule has 1 aliphatic heterocycles. The molecule has 5 rings (SSSR count). The Morgan fingerprint density at radius 3 is 2.51 bits per heavy atom. The molecular formula is C27H22ClFN4O2. The van der Waals surface area contributed by atoms with Gasteiger partial charge in [-0.1, -0.05) is 54.0 Å². The molecule has 6 nitrogen and oxygen atoms in total. The second kappa shape index (κ2) is 9.35. The molecule has 1 atom stereocenters. The third kappa shape index (κ3) is 4.42. The molecule has 2 amide bonds. The third-order valence-electron chi connectivity index (χ3n) is 6.03. The van der Waals surface area contributed by atoms with E-state index in [1.165, 1.54) is 17.7 Å². The van der Waals surface area contributed by atoms with Gasteiger partial charge in [-0.25, -0.2) is 9.18 Å². The zero-order valence-electron chi connectivity index (χ0n) is 19.1. The van der Waals surface area contributed by atoms with E-state index in [4.69, 9.17) is 16.1 Å². The van der Waals surface area contributed by atoms with Gasteiger partial charge in [0.2, 0.25) is 5.82 Å². The van der Waals surface area contributed by atoms with Crippen LogP contribution in [0.2, 0.25) is 5.02 Å². The van der Waals surface area contributed by atoms with Gasteiger partial charge in [-0.15, -0.1) is 0 Å². The molecule has 0 radical (unpaired) electrons. The van der Waals surface area contributed by atoms with Gasteiger partial charge in [0.25, 0.3) is 5.89 Å². The van der Waals surface area contributed by atoms with Crippen molar-refractivity contribution in [1.82, 2.24) is 15.5 Å². The number of nitrogens with one attached hydrogen (secondary N) is 1. The Kier molecular flexibility index (Phi) is 6.09. The van der Waals surface area contributed by atoms with Crippen LogP contribution in [0.4, 0.5) is 14.9 Å². The Labute approximate surface area is 207 Å². The minimum absolute atomic E-state index is 0.262. The molecule has 0 saturated carbocycles. The average Bonchev–Trinajstić information content (AvgIpc) is 3.34. The first-order valence-corrected chi connectivity index (χ1v) is 11.6. The van der Waals surface area contributed by atoms with Crippen molar-refractivity contribution in [3.8, 4) is 11.4 Å². The van der Waals surface area contributed by atoms with Crippen molar-refractivity contribution < 1.29 is 13.7 Å². The van der Waals surface area contributed by atoms with Crippen LogP contribution in [0.15, 0.2) is 83.0 Å². The van der Waals surface area contributed by atoms with Crippen molar-refractivity contribution >= 4 is 28.9 Å². The van der Waals surface area contributed by atoms with E-state index in [0.717, 1.165) is 12.0 Å². The fourth-order valence-corrected chi connectivity index (χ4v) is 4.38. The summed E-state index contributed by atoms with van der Waals surface area (Å²) in [6, 6.07) is 20.2. The standard InChI is InChI=1S/C27H22ClFN4O2/c1-3-17-7-9-18(10-8-17)24-23(26-31-25(32-35-26)19-11-13-21(29)14-12-19)16(2)33(27(34)30-24)22-6-4-5-20(28)15-22/h4-15,24H,3H2,1-2H3,(H,30,34). The second-order valence-corrected chi connectivity index (χ2v) is 8.66. The molecule has 0 aliphatic carbocycles. The number of carbonyl (C=O) groups is 1. The first-order chi connectivity index (χ1) is 16.9. The molecule has 35 heavy (non-hydrogen) atoms. The lowest BCUT2D eigenvalue weighted by Gasteiger charge is -2.35. The number of rotatable bonds is 5. The number of nitrogens with zero attached hydrogens (tertiary/aromatic N) is 3. The van der Waals surface area contributed by atoms with Crippen LogP contribution >= 0.6 is 11.6 Å². The highest BCUT2D eigenvalue weighted by molar-refractivity contribution is 6.31. The van der Waals surface area contributed by atoms with E-state index in [2.05, 4.69) is 22.4 Å². The van der Waals surface area contributed by atoms with Crippen LogP contribution in [0.3, 0.4) is 0 Å². The molecule has 0 bridgehead atoms. The zero-order valence-corrected chi connectivity index (χ0v) is 19.9. The van der Waals surface area contributed by atoms with E-state index < -0.39 is 6.04 Å². The summed E-state index contributed by atoms with van der Waals surface area (Å²) < 4.78 is 19.1. The Morgan fingerprint density at radius 1 is 1.09 bits per heavy atom. The molecule has 1 aromatic heterocycles. The SMILES string of the molecule is CCc1ccc(C2NC(=O)N(c3cccc(Cl)c3)C(C)=C2c2nc(-c3ccc(F)cc3)no2)cc1. The lowest BCUT2D eigenvalue weighted by atomic mass is 9.93. The summed E-state index contributed by atoms with van der Waals surface area (Å²) in [5.74, 6) is 0.240. The summed E-state index contributed by atoms with van der Waals surface area (Å²) in [6.07, 6.45) is 0.909. The summed E-state index contributed by atoms with van der Waals surface area (Å²) >= 11 is 6.21. The largest absolute Gasteiger partial charge is 0.334 e. The van der Waals surface area contributed by atoms with Crippen molar-refractivity contribution in [2.75, 3.05) is 4.90 Å². The summed E-state index contributed by atoms with van der Waals surface area (Å²) in [7, 11) is 0. The van der Waals surface area contributed by atoms with Crippen LogP contribution in [-0.2, 0) is 6.42 Å². The van der Waals surface area contributed by atoms with Crippen LogP contribution in [-0.4, -0.2) is 16.2 Å². The van der Waals surface area contributed by atoms with Crippen molar-refractivity contribution in [3.05, 3.63) is 106 Å². The van der Waals surface area contributed by atoms with E-state index in [9.17, 15) is 9.18 Å². The summed E-state index contributed by atoms with van der Waals surface area (Å²) in [6.45, 7) is 3.93. The first kappa shape index (κ1) is 22.8. The normalized spacial score (nSPS) is 15.9. The third-order valence-corrected chi connectivity index (χ3v) is 6.27. The predicted octanol–water partition coefficient (Wildman–Crippen LogP) is 6.79. The maximum atomic E-state index is 13.4. The molecule has 0 saturated heterocycles. The zero-order chi connectivity index (χ0) is 24.5. The number of hydrogen-bond acceptors (Lipinski definition) is 4. The van der Waals surface area contributed by atoms with Crippen LogP contribution < -0.4 is 10.2 Å². The van der Waals surface area contributed by atoms with E-state index in [-0.39, 0.29) is 17.7 Å². The number of anilines is 1. The molecular weight excluding hydrogens is 467 g/mol. The Morgan fingerprint density at radius 2 is 1.83 bits per heavy atom. The van der Waals surface area contributed by atoms with Crippen LogP contribution in [0, 0.1) is 5.82 Å². The maximum absolute atomic E-state index is 13.4. The fourth-order valence-electron chi connectivity index (χ4n) is 4.19. The van der Waals surface area contributed by atoms with E-state index in [1.807, 2.05) is 31.2 Å². The van der Waals surface area contributed by atoms with Crippen molar-refractivity contribution in [3.63, 3.8) is 0 Å². The van der Waals surface area contributed by atoms with E-state index in [0.29, 0.717) is 33.4 Å². The molecule has 3 aromatic carbocycles. The minimum Gasteiger partial charge on any atom is -0.334 e. The van der Waals surface area contributed by atoms with Gasteiger partial charge in [-0.2, -0.15) is 4.98 Å². The van der Waals surface area contributed by atoms with E-state index >= 15 is 0 Å². The molecule has 0 spiro atoms. The van der Waals surface area contributed by atoms with Crippen molar-refractivity contribution in [1.29, 1.82) is 0 Å². The number of hydrogen-bond donors (Lipinski definition) is 1. The lowest BCUT2D eigenvalue weighted by Crippen LogP contribution is -2.46. The Hall–Kier alpha value is -3.97. The topological polar surface area (TPSA) is 71.3 Å². The van der Waals surface area contributed by atoms with Gasteiger partial charge in [-0.05, 0) is 66.9 Å². The Bertz CT molecular complexity index is 1410. The number of amides is 2. The molecule has 1 N–H and O–H groups in total. The number of aromatic nitrogens is 2. The monoisotopic (exact) mass is 488 g/mol. The van der Waals surface area contributed by atoms with Gasteiger partial charge in [0, 0.05) is 16.3 Å². The first-order valence-electron chi connectivity index (χ1n) is 11.2. The van der Waals surface area contributed by atoms with Gasteiger partial charge >= 0.3 is 6.03 Å². The van der Waals surface area contributed by atoms with Gasteiger partial charge in [0.1, 0.15) is 5.82 Å². The molecule has 4 aromatic rings. The second-order valence-electron chi connectivity index (χ2n) is 8.22. The number of allylic oxidation sites excluding steroid dienone is 1. The van der Waals surface area contributed by atoms with Gasteiger partial charge in [0.05, 0.1) is 17.3 Å². The maximum Gasteiger partial charge on any atom is 0.326 e. The molecule has 1 aliphatic rings. The highest BCUT2D eigenvalue weighted by atomic mass is 35.5. The van der Waals surface area contributed by atoms with Crippen molar-refractivity contribution in [2.45, 2.75) is 26.3 Å². The van der Waals surface area contributed by atoms with Crippen molar-refractivity contribution in [2.24, 2.45) is 0 Å². The summed E-state index contributed by atoms with van der Waals surface area (Å²) in [4.78, 5) is 19.4. The quantitative estimate of drug-likeness (QED) is 0.335.